The Balaban J connectivity index is 1.21. The monoisotopic (exact) mass is 730 g/mol. The van der Waals surface area contributed by atoms with Crippen molar-refractivity contribution in [1.82, 2.24) is 0 Å². The average molecular weight is 731 g/mol. The third kappa shape index (κ3) is 5.16. The van der Waals surface area contributed by atoms with E-state index in [1.165, 1.54) is 16.7 Å². The Morgan fingerprint density at radius 1 is 0.404 bits per heavy atom. The summed E-state index contributed by atoms with van der Waals surface area (Å²) < 4.78 is 46.0. The third-order valence-electron chi connectivity index (χ3n) is 11.9. The lowest BCUT2D eigenvalue weighted by atomic mass is 9.67. The maximum absolute atomic E-state index is 9.63. The SMILES string of the molecule is [2H]c1c([2H])c([2H])c(C2(c3ccc4c(c3)-c3ccccc3C4c3ccccc3)c3ccccc3-c3cc(N(c4ccccc4)c4ccccc4-c4ccccc4)ccc32)c([2H])c1[2H]. The van der Waals surface area contributed by atoms with E-state index in [1.54, 1.807) is 0 Å². The van der Waals surface area contributed by atoms with Crippen molar-refractivity contribution in [3.05, 3.63) is 269 Å². The molecular formula is C56H39N. The molecule has 0 spiro atoms. The number of benzene rings is 9. The lowest BCUT2D eigenvalue weighted by Crippen LogP contribution is -2.28. The molecular weight excluding hydrogens is 687 g/mol. The first-order chi connectivity index (χ1) is 30.4. The first-order valence-electron chi connectivity index (χ1n) is 22.0. The Labute approximate surface area is 341 Å². The average Bonchev–Trinajstić information content (AvgIpc) is 3.81. The maximum Gasteiger partial charge on any atom is 0.0713 e. The van der Waals surface area contributed by atoms with Gasteiger partial charge in [-0.1, -0.05) is 194 Å². The Morgan fingerprint density at radius 2 is 1.02 bits per heavy atom. The fourth-order valence-electron chi connectivity index (χ4n) is 9.55. The van der Waals surface area contributed by atoms with Gasteiger partial charge >= 0.3 is 0 Å². The molecule has 0 radical (unpaired) electrons. The largest absolute Gasteiger partial charge is 0.310 e. The first kappa shape index (κ1) is 28.2. The number of para-hydroxylation sites is 2. The topological polar surface area (TPSA) is 3.24 Å². The Bertz CT molecular complexity index is 3170. The van der Waals surface area contributed by atoms with Crippen LogP contribution in [0.5, 0.6) is 0 Å². The van der Waals surface area contributed by atoms with E-state index in [1.807, 2.05) is 42.5 Å². The molecule has 2 atom stereocenters. The molecule has 57 heavy (non-hydrogen) atoms. The van der Waals surface area contributed by atoms with Crippen LogP contribution < -0.4 is 4.90 Å². The summed E-state index contributed by atoms with van der Waals surface area (Å²) in [5.74, 6) is 0.0293. The van der Waals surface area contributed by atoms with Crippen LogP contribution in [0.3, 0.4) is 0 Å². The standard InChI is InChI=1S/C56H39N/c1-5-19-39(20-6-1)45-27-16-18-32-54(45)57(43-25-11-4-12-26-43)44-34-36-53-51(38-44)47-29-15-17-31-52(47)56(53,41-23-9-3-10-24-41)42-33-35-49-50(37-42)46-28-13-14-30-48(46)55(49)40-21-7-2-8-22-40/h1-38,55H/i3D,9D,10D,23D,24D. The molecule has 0 amide bonds. The number of hydrogen-bond acceptors (Lipinski definition) is 1. The molecule has 2 unspecified atom stereocenters. The predicted octanol–water partition coefficient (Wildman–Crippen LogP) is 14.3. The highest BCUT2D eigenvalue weighted by atomic mass is 15.1. The van der Waals surface area contributed by atoms with Crippen LogP contribution >= 0.6 is 0 Å². The molecule has 0 N–H and O–H groups in total. The molecule has 9 aromatic carbocycles. The molecule has 0 aliphatic heterocycles. The van der Waals surface area contributed by atoms with E-state index in [4.69, 9.17) is 4.11 Å². The van der Waals surface area contributed by atoms with E-state index in [0.29, 0.717) is 0 Å². The summed E-state index contributed by atoms with van der Waals surface area (Å²) in [7, 11) is 0. The lowest BCUT2D eigenvalue weighted by Gasteiger charge is -2.35. The number of hydrogen-bond donors (Lipinski definition) is 0. The van der Waals surface area contributed by atoms with Crippen molar-refractivity contribution in [1.29, 1.82) is 0 Å². The second-order valence-corrected chi connectivity index (χ2v) is 14.8. The zero-order valence-electron chi connectivity index (χ0n) is 36.1. The van der Waals surface area contributed by atoms with Crippen LogP contribution in [0.2, 0.25) is 0 Å². The molecule has 11 rings (SSSR count). The molecule has 0 saturated carbocycles. The molecule has 268 valence electrons. The van der Waals surface area contributed by atoms with Crippen molar-refractivity contribution in [2.45, 2.75) is 11.3 Å². The van der Waals surface area contributed by atoms with E-state index < -0.39 is 11.5 Å². The van der Waals surface area contributed by atoms with Crippen LogP contribution in [-0.2, 0) is 5.41 Å². The van der Waals surface area contributed by atoms with Gasteiger partial charge in [-0.25, -0.2) is 0 Å². The molecule has 0 aromatic heterocycles. The second-order valence-electron chi connectivity index (χ2n) is 14.8. The molecule has 0 bridgehead atoms. The lowest BCUT2D eigenvalue weighted by molar-refractivity contribution is 0.768. The molecule has 2 aliphatic rings. The quantitative estimate of drug-likeness (QED) is 0.158. The van der Waals surface area contributed by atoms with Gasteiger partial charge in [0.15, 0.2) is 0 Å². The number of rotatable bonds is 7. The van der Waals surface area contributed by atoms with Gasteiger partial charge in [0.05, 0.1) is 18.0 Å². The summed E-state index contributed by atoms with van der Waals surface area (Å²) in [6.45, 7) is 0. The number of anilines is 3. The summed E-state index contributed by atoms with van der Waals surface area (Å²) in [6.07, 6.45) is 0. The summed E-state index contributed by atoms with van der Waals surface area (Å²) in [5, 5.41) is 0. The highest BCUT2D eigenvalue weighted by Gasteiger charge is 2.47. The Morgan fingerprint density at radius 3 is 1.81 bits per heavy atom. The number of nitrogens with zero attached hydrogens (tertiary/aromatic N) is 1. The van der Waals surface area contributed by atoms with Gasteiger partial charge in [0.1, 0.15) is 0 Å². The van der Waals surface area contributed by atoms with Crippen molar-refractivity contribution >= 4 is 17.1 Å². The van der Waals surface area contributed by atoms with Gasteiger partial charge < -0.3 is 4.90 Å². The van der Waals surface area contributed by atoms with Crippen LogP contribution in [0, 0.1) is 0 Å². The van der Waals surface area contributed by atoms with E-state index in [2.05, 4.69) is 163 Å². The highest BCUT2D eigenvalue weighted by Crippen LogP contribution is 2.59. The van der Waals surface area contributed by atoms with Crippen LogP contribution in [0.4, 0.5) is 17.1 Å². The van der Waals surface area contributed by atoms with Crippen molar-refractivity contribution in [2.24, 2.45) is 0 Å². The first-order valence-corrected chi connectivity index (χ1v) is 19.5. The van der Waals surface area contributed by atoms with Gasteiger partial charge in [0, 0.05) is 22.9 Å². The van der Waals surface area contributed by atoms with E-state index in [9.17, 15) is 2.74 Å². The van der Waals surface area contributed by atoms with Crippen LogP contribution in [-0.4, -0.2) is 0 Å². The fourth-order valence-corrected chi connectivity index (χ4v) is 9.55. The summed E-state index contributed by atoms with van der Waals surface area (Å²) in [5.41, 5.74) is 14.3. The normalized spacial score (nSPS) is 17.2. The van der Waals surface area contributed by atoms with Gasteiger partial charge in [-0.05, 0) is 103 Å². The fraction of sp³-hybridized carbons (Fsp3) is 0.0357. The molecule has 0 fully saturated rings. The van der Waals surface area contributed by atoms with Gasteiger partial charge in [0.25, 0.3) is 0 Å². The predicted molar refractivity (Wildman–Crippen MR) is 237 cm³/mol. The number of fused-ring (bicyclic) bond motifs is 6. The molecule has 1 heteroatoms. The van der Waals surface area contributed by atoms with Crippen LogP contribution in [0.1, 0.15) is 51.7 Å². The van der Waals surface area contributed by atoms with E-state index in [-0.39, 0.29) is 35.7 Å². The van der Waals surface area contributed by atoms with Crippen molar-refractivity contribution < 1.29 is 6.85 Å². The second kappa shape index (κ2) is 13.5. The molecule has 0 saturated heterocycles. The van der Waals surface area contributed by atoms with Crippen LogP contribution in [0.15, 0.2) is 230 Å². The Kier molecular flexibility index (Phi) is 6.69. The minimum Gasteiger partial charge on any atom is -0.310 e. The van der Waals surface area contributed by atoms with Crippen molar-refractivity contribution in [3.8, 4) is 33.4 Å². The van der Waals surface area contributed by atoms with Crippen molar-refractivity contribution in [2.75, 3.05) is 4.90 Å². The maximum atomic E-state index is 9.63. The van der Waals surface area contributed by atoms with Crippen LogP contribution in [0.25, 0.3) is 33.4 Å². The summed E-state index contributed by atoms with van der Waals surface area (Å²) in [4.78, 5) is 2.28. The van der Waals surface area contributed by atoms with Gasteiger partial charge in [0.2, 0.25) is 0 Å². The van der Waals surface area contributed by atoms with E-state index >= 15 is 0 Å². The molecule has 2 aliphatic carbocycles. The summed E-state index contributed by atoms with van der Waals surface area (Å²) >= 11 is 0. The minimum atomic E-state index is -1.27. The highest BCUT2D eigenvalue weighted by molar-refractivity contribution is 5.93. The van der Waals surface area contributed by atoms with Gasteiger partial charge in [-0.3, -0.25) is 0 Å². The smallest absolute Gasteiger partial charge is 0.0713 e. The van der Waals surface area contributed by atoms with Gasteiger partial charge in [-0.2, -0.15) is 0 Å². The Hall–Kier alpha value is -7.22. The molecule has 1 nitrogen and oxygen atoms in total. The molecule has 9 aromatic rings. The zero-order valence-corrected chi connectivity index (χ0v) is 31.1. The van der Waals surface area contributed by atoms with Crippen molar-refractivity contribution in [3.63, 3.8) is 0 Å². The van der Waals surface area contributed by atoms with Gasteiger partial charge in [-0.15, -0.1) is 0 Å². The molecule has 0 heterocycles. The van der Waals surface area contributed by atoms with E-state index in [0.717, 1.165) is 67.1 Å². The third-order valence-corrected chi connectivity index (χ3v) is 11.9. The zero-order chi connectivity index (χ0) is 42.1. The minimum absolute atomic E-state index is 0.0293. The summed E-state index contributed by atoms with van der Waals surface area (Å²) in [6, 6.07) is 68.0.